The van der Waals surface area contributed by atoms with Gasteiger partial charge in [0.25, 0.3) is 0 Å². The Morgan fingerprint density at radius 1 is 1.10 bits per heavy atom. The Morgan fingerprint density at radius 3 is 2.61 bits per heavy atom. The maximum absolute atomic E-state index is 13.1. The third-order valence-corrected chi connectivity index (χ3v) is 8.27. The summed E-state index contributed by atoms with van der Waals surface area (Å²) in [6.45, 7) is 2.60. The van der Waals surface area contributed by atoms with Gasteiger partial charge in [0.05, 0.1) is 24.0 Å². The van der Waals surface area contributed by atoms with E-state index < -0.39 is 10.0 Å². The van der Waals surface area contributed by atoms with E-state index in [1.54, 1.807) is 31.4 Å². The summed E-state index contributed by atoms with van der Waals surface area (Å²) in [6, 6.07) is 12.9. The van der Waals surface area contributed by atoms with Gasteiger partial charge in [-0.05, 0) is 74.4 Å². The molecule has 0 spiro atoms. The van der Waals surface area contributed by atoms with E-state index in [4.69, 9.17) is 4.74 Å². The number of hydrogen-bond donors (Lipinski definition) is 1. The van der Waals surface area contributed by atoms with Gasteiger partial charge in [-0.25, -0.2) is 8.42 Å². The normalized spacial score (nSPS) is 21.9. The van der Waals surface area contributed by atoms with Crippen LogP contribution in [0.5, 0.6) is 5.75 Å². The molecule has 166 valence electrons. The highest BCUT2D eigenvalue weighted by Gasteiger charge is 2.34. The summed E-state index contributed by atoms with van der Waals surface area (Å²) in [5, 5.41) is 3.20. The SMILES string of the molecule is COc1ccc2c(c1)CCC[C@@H]2NC(=O)[C@H]1CCCN(S(=O)(=O)c2ccc(C)cc2)C1. The van der Waals surface area contributed by atoms with Gasteiger partial charge < -0.3 is 10.1 Å². The van der Waals surface area contributed by atoms with Crippen LogP contribution in [0.3, 0.4) is 0 Å². The van der Waals surface area contributed by atoms with Crippen molar-refractivity contribution in [2.75, 3.05) is 20.2 Å². The molecule has 0 unspecified atom stereocenters. The first-order chi connectivity index (χ1) is 14.9. The molecule has 1 saturated heterocycles. The molecule has 4 rings (SSSR count). The fraction of sp³-hybridized carbons (Fsp3) is 0.458. The third kappa shape index (κ3) is 4.62. The van der Waals surface area contributed by atoms with Gasteiger partial charge in [0, 0.05) is 13.1 Å². The largest absolute Gasteiger partial charge is 0.497 e. The molecule has 0 aromatic heterocycles. The molecule has 2 aromatic carbocycles. The topological polar surface area (TPSA) is 75.7 Å². The number of methoxy groups -OCH3 is 1. The predicted octanol–water partition coefficient (Wildman–Crippen LogP) is 3.60. The van der Waals surface area contributed by atoms with Crippen molar-refractivity contribution in [2.24, 2.45) is 5.92 Å². The summed E-state index contributed by atoms with van der Waals surface area (Å²) in [5.41, 5.74) is 3.36. The van der Waals surface area contributed by atoms with E-state index in [2.05, 4.69) is 5.32 Å². The van der Waals surface area contributed by atoms with Crippen molar-refractivity contribution in [3.05, 3.63) is 59.2 Å². The lowest BCUT2D eigenvalue weighted by molar-refractivity contribution is -0.127. The summed E-state index contributed by atoms with van der Waals surface area (Å²) in [5.74, 6) is 0.435. The number of amides is 1. The van der Waals surface area contributed by atoms with Gasteiger partial charge in [0.1, 0.15) is 5.75 Å². The third-order valence-electron chi connectivity index (χ3n) is 6.39. The summed E-state index contributed by atoms with van der Waals surface area (Å²) in [7, 11) is -1.94. The first-order valence-electron chi connectivity index (χ1n) is 10.9. The van der Waals surface area contributed by atoms with Crippen molar-refractivity contribution in [3.8, 4) is 5.75 Å². The Hall–Kier alpha value is -2.38. The Kier molecular flexibility index (Phi) is 6.34. The molecule has 0 saturated carbocycles. The van der Waals surface area contributed by atoms with Crippen LogP contribution in [0.2, 0.25) is 0 Å². The van der Waals surface area contributed by atoms with Crippen LogP contribution in [0.25, 0.3) is 0 Å². The molecule has 1 aliphatic carbocycles. The van der Waals surface area contributed by atoms with Gasteiger partial charge >= 0.3 is 0 Å². The lowest BCUT2D eigenvalue weighted by Crippen LogP contribution is -2.46. The molecular formula is C24H30N2O4S. The van der Waals surface area contributed by atoms with Crippen molar-refractivity contribution < 1.29 is 17.9 Å². The quantitative estimate of drug-likeness (QED) is 0.768. The highest BCUT2D eigenvalue weighted by atomic mass is 32.2. The first-order valence-corrected chi connectivity index (χ1v) is 12.4. The standard InChI is InChI=1S/C24H30N2O4S/c1-17-8-11-21(12-9-17)31(28,29)26-14-4-6-19(16-26)24(27)25-23-7-3-5-18-15-20(30-2)10-13-22(18)23/h8-13,15,19,23H,3-7,14,16H2,1-2H3,(H,25,27)/t19-,23-/m0/s1. The van der Waals surface area contributed by atoms with Crippen LogP contribution in [0.4, 0.5) is 0 Å². The number of carbonyl (C=O) groups is 1. The molecule has 0 radical (unpaired) electrons. The molecule has 1 amide bonds. The molecule has 1 heterocycles. The average Bonchev–Trinajstić information content (AvgIpc) is 2.79. The monoisotopic (exact) mass is 442 g/mol. The van der Waals surface area contributed by atoms with Gasteiger partial charge in [-0.3, -0.25) is 4.79 Å². The second-order valence-electron chi connectivity index (χ2n) is 8.53. The predicted molar refractivity (Wildman–Crippen MR) is 119 cm³/mol. The molecule has 1 aliphatic heterocycles. The van der Waals surface area contributed by atoms with E-state index in [0.29, 0.717) is 19.4 Å². The number of fused-ring (bicyclic) bond motifs is 1. The van der Waals surface area contributed by atoms with Crippen LogP contribution >= 0.6 is 0 Å². The van der Waals surface area contributed by atoms with Crippen molar-refractivity contribution in [2.45, 2.75) is 50.0 Å². The number of nitrogens with zero attached hydrogens (tertiary/aromatic N) is 1. The van der Waals surface area contributed by atoms with E-state index in [-0.39, 0.29) is 29.3 Å². The average molecular weight is 443 g/mol. The molecule has 7 heteroatoms. The fourth-order valence-electron chi connectivity index (χ4n) is 4.59. The zero-order valence-corrected chi connectivity index (χ0v) is 19.0. The molecule has 1 fully saturated rings. The Labute approximate surface area is 184 Å². The molecule has 0 bridgehead atoms. The van der Waals surface area contributed by atoms with Crippen LogP contribution < -0.4 is 10.1 Å². The number of nitrogens with one attached hydrogen (secondary N) is 1. The Balaban J connectivity index is 1.46. The highest BCUT2D eigenvalue weighted by molar-refractivity contribution is 7.89. The molecule has 2 aromatic rings. The van der Waals surface area contributed by atoms with Gasteiger partial charge in [0.2, 0.25) is 15.9 Å². The second kappa shape index (κ2) is 9.01. The lowest BCUT2D eigenvalue weighted by Gasteiger charge is -2.33. The second-order valence-corrected chi connectivity index (χ2v) is 10.5. The summed E-state index contributed by atoms with van der Waals surface area (Å²) in [6.07, 6.45) is 4.26. The van der Waals surface area contributed by atoms with Crippen molar-refractivity contribution in [3.63, 3.8) is 0 Å². The van der Waals surface area contributed by atoms with Crippen molar-refractivity contribution >= 4 is 15.9 Å². The number of benzene rings is 2. The van der Waals surface area contributed by atoms with Gasteiger partial charge in [-0.1, -0.05) is 23.8 Å². The van der Waals surface area contributed by atoms with E-state index in [0.717, 1.165) is 36.1 Å². The minimum atomic E-state index is -3.60. The molecule has 2 atom stereocenters. The Morgan fingerprint density at radius 2 is 1.87 bits per heavy atom. The number of aryl methyl sites for hydroxylation is 2. The van der Waals surface area contributed by atoms with E-state index in [9.17, 15) is 13.2 Å². The molecule has 1 N–H and O–H groups in total. The Bertz CT molecular complexity index is 1050. The van der Waals surface area contributed by atoms with Crippen LogP contribution in [-0.4, -0.2) is 38.8 Å². The summed E-state index contributed by atoms with van der Waals surface area (Å²) in [4.78, 5) is 13.4. The molecule has 6 nitrogen and oxygen atoms in total. The zero-order chi connectivity index (χ0) is 22.0. The number of ether oxygens (including phenoxy) is 1. The number of piperidine rings is 1. The zero-order valence-electron chi connectivity index (χ0n) is 18.1. The van der Waals surface area contributed by atoms with Crippen LogP contribution in [0.15, 0.2) is 47.4 Å². The minimum absolute atomic E-state index is 0.0359. The highest BCUT2D eigenvalue weighted by Crippen LogP contribution is 2.33. The van der Waals surface area contributed by atoms with Gasteiger partial charge in [-0.15, -0.1) is 0 Å². The summed E-state index contributed by atoms with van der Waals surface area (Å²) >= 11 is 0. The van der Waals surface area contributed by atoms with Crippen LogP contribution in [0.1, 0.15) is 48.4 Å². The van der Waals surface area contributed by atoms with E-state index >= 15 is 0 Å². The van der Waals surface area contributed by atoms with Crippen molar-refractivity contribution in [1.29, 1.82) is 0 Å². The lowest BCUT2D eigenvalue weighted by atomic mass is 9.87. The van der Waals surface area contributed by atoms with E-state index in [1.165, 1.54) is 9.87 Å². The van der Waals surface area contributed by atoms with Crippen LogP contribution in [0, 0.1) is 12.8 Å². The van der Waals surface area contributed by atoms with E-state index in [1.807, 2.05) is 25.1 Å². The molecule has 2 aliphatic rings. The number of rotatable bonds is 5. The minimum Gasteiger partial charge on any atom is -0.497 e. The van der Waals surface area contributed by atoms with Crippen LogP contribution in [-0.2, 0) is 21.2 Å². The first kappa shape index (κ1) is 21.8. The smallest absolute Gasteiger partial charge is 0.243 e. The summed E-state index contributed by atoms with van der Waals surface area (Å²) < 4.78 is 32.9. The number of sulfonamides is 1. The van der Waals surface area contributed by atoms with Crippen molar-refractivity contribution in [1.82, 2.24) is 9.62 Å². The maximum Gasteiger partial charge on any atom is 0.243 e. The molecule has 31 heavy (non-hydrogen) atoms. The van der Waals surface area contributed by atoms with Gasteiger partial charge in [0.15, 0.2) is 0 Å². The maximum atomic E-state index is 13.1. The number of hydrogen-bond acceptors (Lipinski definition) is 4. The van der Waals surface area contributed by atoms with Gasteiger partial charge in [-0.2, -0.15) is 4.31 Å². The number of carbonyl (C=O) groups excluding carboxylic acids is 1. The molecular weight excluding hydrogens is 412 g/mol. The fourth-order valence-corrected chi connectivity index (χ4v) is 6.12.